The second kappa shape index (κ2) is 4.99. The van der Waals surface area contributed by atoms with E-state index >= 15 is 0 Å². The zero-order chi connectivity index (χ0) is 12.4. The Hall–Kier alpha value is -1.53. The molecule has 2 aromatic rings. The van der Waals surface area contributed by atoms with Crippen LogP contribution in [0.4, 0.5) is 0 Å². The predicted molar refractivity (Wildman–Crippen MR) is 67.4 cm³/mol. The van der Waals surface area contributed by atoms with E-state index in [1.165, 1.54) is 0 Å². The number of benzene rings is 1. The molecule has 1 aromatic carbocycles. The van der Waals surface area contributed by atoms with E-state index in [1.807, 2.05) is 11.8 Å². The average Bonchev–Trinajstić information content (AvgIpc) is 2.90. The van der Waals surface area contributed by atoms with Crippen LogP contribution in [0, 0.1) is 0 Å². The van der Waals surface area contributed by atoms with Gasteiger partial charge < -0.3 is 14.4 Å². The lowest BCUT2D eigenvalue weighted by Gasteiger charge is -2.18. The van der Waals surface area contributed by atoms with Gasteiger partial charge in [0.1, 0.15) is 11.9 Å². The van der Waals surface area contributed by atoms with Gasteiger partial charge in [-0.05, 0) is 24.3 Å². The molecule has 0 amide bonds. The van der Waals surface area contributed by atoms with Gasteiger partial charge >= 0.3 is 0 Å². The van der Waals surface area contributed by atoms with Crippen molar-refractivity contribution in [1.82, 2.24) is 10.1 Å². The first-order chi connectivity index (χ1) is 8.83. The van der Waals surface area contributed by atoms with E-state index in [0.717, 1.165) is 23.7 Å². The Kier molecular flexibility index (Phi) is 3.21. The Balaban J connectivity index is 1.82. The fourth-order valence-corrected chi connectivity index (χ4v) is 2.56. The fraction of sp³-hybridized carbons (Fsp3) is 0.333. The van der Waals surface area contributed by atoms with Crippen LogP contribution in [0.1, 0.15) is 11.9 Å². The largest absolute Gasteiger partial charge is 0.508 e. The third-order valence-electron chi connectivity index (χ3n) is 2.66. The zero-order valence-corrected chi connectivity index (χ0v) is 10.4. The SMILES string of the molecule is Oc1ccc(-c2nc(C3CSCCO3)no2)cc1. The Morgan fingerprint density at radius 2 is 2.11 bits per heavy atom. The van der Waals surface area contributed by atoms with Crippen LogP contribution >= 0.6 is 11.8 Å². The topological polar surface area (TPSA) is 68.4 Å². The van der Waals surface area contributed by atoms with Crippen molar-refractivity contribution >= 4 is 11.8 Å². The summed E-state index contributed by atoms with van der Waals surface area (Å²) in [5, 5.41) is 13.2. The Morgan fingerprint density at radius 1 is 1.28 bits per heavy atom. The number of hydrogen-bond donors (Lipinski definition) is 1. The lowest BCUT2D eigenvalue weighted by atomic mass is 10.2. The maximum atomic E-state index is 9.22. The summed E-state index contributed by atoms with van der Waals surface area (Å²) in [4.78, 5) is 4.34. The highest BCUT2D eigenvalue weighted by atomic mass is 32.2. The molecule has 94 valence electrons. The number of rotatable bonds is 2. The van der Waals surface area contributed by atoms with Gasteiger partial charge in [0.05, 0.1) is 6.61 Å². The third kappa shape index (κ3) is 2.34. The van der Waals surface area contributed by atoms with Gasteiger partial charge in [0, 0.05) is 17.1 Å². The van der Waals surface area contributed by atoms with E-state index < -0.39 is 0 Å². The molecule has 0 radical (unpaired) electrons. The van der Waals surface area contributed by atoms with Crippen LogP contribution in [0.5, 0.6) is 5.75 Å². The van der Waals surface area contributed by atoms with Gasteiger partial charge in [-0.15, -0.1) is 0 Å². The number of aromatic nitrogens is 2. The van der Waals surface area contributed by atoms with E-state index in [2.05, 4.69) is 10.1 Å². The van der Waals surface area contributed by atoms with Gasteiger partial charge in [-0.25, -0.2) is 0 Å². The molecule has 1 aliphatic rings. The molecule has 1 aromatic heterocycles. The van der Waals surface area contributed by atoms with Gasteiger partial charge in [0.25, 0.3) is 5.89 Å². The van der Waals surface area contributed by atoms with E-state index in [-0.39, 0.29) is 11.9 Å². The van der Waals surface area contributed by atoms with Crippen molar-refractivity contribution in [2.75, 3.05) is 18.1 Å². The fourth-order valence-electron chi connectivity index (χ4n) is 1.72. The van der Waals surface area contributed by atoms with Gasteiger partial charge in [-0.2, -0.15) is 16.7 Å². The highest BCUT2D eigenvalue weighted by Crippen LogP contribution is 2.27. The quantitative estimate of drug-likeness (QED) is 0.897. The molecule has 1 unspecified atom stereocenters. The minimum Gasteiger partial charge on any atom is -0.508 e. The average molecular weight is 264 g/mol. The van der Waals surface area contributed by atoms with Crippen molar-refractivity contribution in [2.45, 2.75) is 6.10 Å². The van der Waals surface area contributed by atoms with Crippen LogP contribution in [-0.4, -0.2) is 33.4 Å². The van der Waals surface area contributed by atoms with Crippen molar-refractivity contribution in [3.8, 4) is 17.2 Å². The lowest BCUT2D eigenvalue weighted by molar-refractivity contribution is 0.0677. The van der Waals surface area contributed by atoms with Crippen molar-refractivity contribution in [3.63, 3.8) is 0 Å². The summed E-state index contributed by atoms with van der Waals surface area (Å²) >= 11 is 1.83. The summed E-state index contributed by atoms with van der Waals surface area (Å²) in [6, 6.07) is 6.66. The minimum absolute atomic E-state index is 0.0848. The molecule has 0 spiro atoms. The Morgan fingerprint density at radius 3 is 2.83 bits per heavy atom. The van der Waals surface area contributed by atoms with E-state index in [1.54, 1.807) is 24.3 Å². The molecular weight excluding hydrogens is 252 g/mol. The molecule has 1 atom stereocenters. The zero-order valence-electron chi connectivity index (χ0n) is 9.57. The van der Waals surface area contributed by atoms with Crippen LogP contribution < -0.4 is 0 Å². The summed E-state index contributed by atoms with van der Waals surface area (Å²) < 4.78 is 10.8. The number of hydrogen-bond acceptors (Lipinski definition) is 6. The van der Waals surface area contributed by atoms with Crippen LogP contribution in [-0.2, 0) is 4.74 Å². The molecule has 0 bridgehead atoms. The van der Waals surface area contributed by atoms with E-state index in [4.69, 9.17) is 9.26 Å². The van der Waals surface area contributed by atoms with Gasteiger partial charge in [-0.3, -0.25) is 0 Å². The minimum atomic E-state index is -0.0848. The normalized spacial score (nSPS) is 19.9. The molecular formula is C12H12N2O3S. The maximum absolute atomic E-state index is 9.22. The van der Waals surface area contributed by atoms with Crippen molar-refractivity contribution in [1.29, 1.82) is 0 Å². The monoisotopic (exact) mass is 264 g/mol. The van der Waals surface area contributed by atoms with Crippen LogP contribution in [0.15, 0.2) is 28.8 Å². The molecule has 0 saturated carbocycles. The molecule has 1 fully saturated rings. The second-order valence-corrected chi connectivity index (χ2v) is 5.09. The maximum Gasteiger partial charge on any atom is 0.258 e. The second-order valence-electron chi connectivity index (χ2n) is 3.94. The molecule has 0 aliphatic carbocycles. The van der Waals surface area contributed by atoms with Crippen molar-refractivity contribution in [3.05, 3.63) is 30.1 Å². The number of phenols is 1. The molecule has 1 saturated heterocycles. The van der Waals surface area contributed by atoms with Gasteiger partial charge in [0.15, 0.2) is 0 Å². The first-order valence-electron chi connectivity index (χ1n) is 5.65. The summed E-state index contributed by atoms with van der Waals surface area (Å²) in [6.45, 7) is 0.721. The lowest BCUT2D eigenvalue weighted by Crippen LogP contribution is -2.16. The molecule has 2 heterocycles. The number of thioether (sulfide) groups is 1. The molecule has 5 nitrogen and oxygen atoms in total. The Bertz CT molecular complexity index is 520. The summed E-state index contributed by atoms with van der Waals surface area (Å²) in [7, 11) is 0. The standard InChI is InChI=1S/C12H12N2O3S/c15-9-3-1-8(2-4-9)12-13-11(14-17-12)10-7-18-6-5-16-10/h1-4,10,15H,5-7H2. The van der Waals surface area contributed by atoms with Crippen LogP contribution in [0.3, 0.4) is 0 Å². The van der Waals surface area contributed by atoms with Crippen LogP contribution in [0.25, 0.3) is 11.5 Å². The number of phenolic OH excluding ortho intramolecular Hbond substituents is 1. The Labute approximate surface area is 108 Å². The summed E-state index contributed by atoms with van der Waals surface area (Å²) in [6.07, 6.45) is -0.0848. The number of aromatic hydroxyl groups is 1. The van der Waals surface area contributed by atoms with Crippen LogP contribution in [0.2, 0.25) is 0 Å². The highest BCUT2D eigenvalue weighted by molar-refractivity contribution is 7.99. The molecule has 1 aliphatic heterocycles. The summed E-state index contributed by atoms with van der Waals surface area (Å²) in [5.41, 5.74) is 0.787. The van der Waals surface area contributed by atoms with Crippen molar-refractivity contribution in [2.24, 2.45) is 0 Å². The third-order valence-corrected chi connectivity index (χ3v) is 3.65. The molecule has 3 rings (SSSR count). The number of ether oxygens (including phenoxy) is 1. The van der Waals surface area contributed by atoms with Crippen molar-refractivity contribution < 1.29 is 14.4 Å². The molecule has 1 N–H and O–H groups in total. The van der Waals surface area contributed by atoms with E-state index in [0.29, 0.717) is 11.7 Å². The first-order valence-corrected chi connectivity index (χ1v) is 6.81. The molecule has 18 heavy (non-hydrogen) atoms. The predicted octanol–water partition coefficient (Wildman–Crippen LogP) is 2.25. The first kappa shape index (κ1) is 11.6. The number of nitrogens with zero attached hydrogens (tertiary/aromatic N) is 2. The smallest absolute Gasteiger partial charge is 0.258 e. The summed E-state index contributed by atoms with van der Waals surface area (Å²) in [5.74, 6) is 3.12. The highest BCUT2D eigenvalue weighted by Gasteiger charge is 2.22. The molecule has 6 heteroatoms. The van der Waals surface area contributed by atoms with Gasteiger partial charge in [-0.1, -0.05) is 5.16 Å². The van der Waals surface area contributed by atoms with E-state index in [9.17, 15) is 5.11 Å². The van der Waals surface area contributed by atoms with Gasteiger partial charge in [0.2, 0.25) is 5.82 Å².